The van der Waals surface area contributed by atoms with Crippen molar-refractivity contribution in [2.24, 2.45) is 0 Å². The van der Waals surface area contributed by atoms with E-state index >= 15 is 0 Å². The standard InChI is InChI=1S/C31H40F2N2O7/c1-6-41-25-16-22(17-26(42-7-2)27(25)21(4)36)20(3)35(15-11-14-31(32,33)23-12-9-8-10-13-23)29(39)34-30(28(37)38)18-24(19-30)40-5/h8-10,12-13,16-17,20,24H,6-7,11,14-15,18-19H2,1-5H3,(H,34,39)(H,37,38)/t20-,24?,30?/m1/s1. The SMILES string of the molecule is CCOc1cc([C@@H](C)N(CCCC(F)(F)c2ccccc2)C(=O)NC2(C(=O)O)CC(OC)C2)cc(OCC)c1C(C)=O. The van der Waals surface area contributed by atoms with Gasteiger partial charge in [-0.15, -0.1) is 0 Å². The molecule has 0 spiro atoms. The van der Waals surface area contributed by atoms with Gasteiger partial charge in [0.2, 0.25) is 0 Å². The minimum Gasteiger partial charge on any atom is -0.493 e. The van der Waals surface area contributed by atoms with E-state index in [9.17, 15) is 28.3 Å². The molecule has 1 saturated carbocycles. The first-order valence-corrected chi connectivity index (χ1v) is 14.1. The smallest absolute Gasteiger partial charge is 0.329 e. The summed E-state index contributed by atoms with van der Waals surface area (Å²) in [7, 11) is 1.47. The Kier molecular flexibility index (Phi) is 10.9. The van der Waals surface area contributed by atoms with E-state index in [-0.39, 0.29) is 73.5 Å². The third-order valence-corrected chi connectivity index (χ3v) is 7.58. The van der Waals surface area contributed by atoms with Crippen molar-refractivity contribution in [2.75, 3.05) is 26.9 Å². The van der Waals surface area contributed by atoms with E-state index in [0.29, 0.717) is 5.56 Å². The van der Waals surface area contributed by atoms with E-state index in [0.717, 1.165) is 0 Å². The first kappa shape index (κ1) is 32.8. The Bertz CT molecular complexity index is 1220. The number of methoxy groups -OCH3 is 1. The summed E-state index contributed by atoms with van der Waals surface area (Å²) in [5.41, 5.74) is -0.862. The number of carboxylic acids is 1. The second-order valence-corrected chi connectivity index (χ2v) is 10.4. The summed E-state index contributed by atoms with van der Waals surface area (Å²) in [6, 6.07) is 9.27. The van der Waals surface area contributed by atoms with Crippen LogP contribution < -0.4 is 14.8 Å². The molecular formula is C31H40F2N2O7. The van der Waals surface area contributed by atoms with Crippen LogP contribution in [0.3, 0.4) is 0 Å². The predicted molar refractivity (Wildman–Crippen MR) is 152 cm³/mol. The molecule has 1 aliphatic rings. The number of ether oxygens (including phenoxy) is 3. The lowest BCUT2D eigenvalue weighted by Gasteiger charge is -2.45. The normalized spacial score (nSPS) is 18.9. The second-order valence-electron chi connectivity index (χ2n) is 10.4. The van der Waals surface area contributed by atoms with E-state index < -0.39 is 35.9 Å². The van der Waals surface area contributed by atoms with Crippen molar-refractivity contribution in [1.82, 2.24) is 10.2 Å². The molecule has 3 rings (SSSR count). The summed E-state index contributed by atoms with van der Waals surface area (Å²) in [5, 5.41) is 12.5. The van der Waals surface area contributed by atoms with E-state index in [2.05, 4.69) is 5.32 Å². The summed E-state index contributed by atoms with van der Waals surface area (Å²) < 4.78 is 46.7. The van der Waals surface area contributed by atoms with Crippen LogP contribution in [0, 0.1) is 0 Å². The van der Waals surface area contributed by atoms with E-state index in [1.807, 2.05) is 0 Å². The third kappa shape index (κ3) is 7.36. The zero-order valence-corrected chi connectivity index (χ0v) is 24.7. The van der Waals surface area contributed by atoms with Gasteiger partial charge in [-0.3, -0.25) is 4.79 Å². The number of carbonyl (C=O) groups is 3. The summed E-state index contributed by atoms with van der Waals surface area (Å²) in [6.07, 6.45) is -0.757. The highest BCUT2D eigenvalue weighted by molar-refractivity contribution is 6.00. The largest absolute Gasteiger partial charge is 0.493 e. The molecule has 0 heterocycles. The highest BCUT2D eigenvalue weighted by atomic mass is 19.3. The number of nitrogens with one attached hydrogen (secondary N) is 1. The number of halogens is 2. The number of Topliss-reactive ketones (excluding diaryl/α,β-unsaturated/α-hetero) is 1. The Morgan fingerprint density at radius 2 is 1.67 bits per heavy atom. The van der Waals surface area contributed by atoms with Crippen LogP contribution in [0.2, 0.25) is 0 Å². The fraction of sp³-hybridized carbons (Fsp3) is 0.516. The number of benzene rings is 2. The molecule has 2 N–H and O–H groups in total. The fourth-order valence-corrected chi connectivity index (χ4v) is 5.18. The number of carbonyl (C=O) groups excluding carboxylic acids is 2. The number of hydrogen-bond acceptors (Lipinski definition) is 6. The van der Waals surface area contributed by atoms with Crippen molar-refractivity contribution in [3.63, 3.8) is 0 Å². The van der Waals surface area contributed by atoms with Gasteiger partial charge in [0.1, 0.15) is 22.6 Å². The van der Waals surface area contributed by atoms with Gasteiger partial charge in [-0.2, -0.15) is 0 Å². The van der Waals surface area contributed by atoms with Crippen LogP contribution in [0.15, 0.2) is 42.5 Å². The molecule has 1 aliphatic carbocycles. The maximum atomic E-state index is 15.0. The number of ketones is 1. The van der Waals surface area contributed by atoms with Crippen molar-refractivity contribution < 1.29 is 42.5 Å². The maximum absolute atomic E-state index is 15.0. The Labute approximate surface area is 245 Å². The molecule has 2 amide bonds. The zero-order chi connectivity index (χ0) is 31.1. The minimum absolute atomic E-state index is 0.0669. The molecule has 0 radical (unpaired) electrons. The van der Waals surface area contributed by atoms with E-state index in [1.54, 1.807) is 51.1 Å². The molecule has 0 bridgehead atoms. The van der Waals surface area contributed by atoms with Gasteiger partial charge in [0, 0.05) is 38.5 Å². The zero-order valence-electron chi connectivity index (χ0n) is 24.7. The predicted octanol–water partition coefficient (Wildman–Crippen LogP) is 5.96. The second kappa shape index (κ2) is 14.0. The molecular weight excluding hydrogens is 550 g/mol. The van der Waals surface area contributed by atoms with Crippen molar-refractivity contribution >= 4 is 17.8 Å². The Balaban J connectivity index is 1.95. The topological polar surface area (TPSA) is 114 Å². The first-order valence-electron chi connectivity index (χ1n) is 14.1. The number of urea groups is 1. The molecule has 1 fully saturated rings. The van der Waals surface area contributed by atoms with Gasteiger partial charge in [0.15, 0.2) is 5.78 Å². The lowest BCUT2D eigenvalue weighted by Crippen LogP contribution is -2.66. The van der Waals surface area contributed by atoms with Gasteiger partial charge < -0.3 is 29.5 Å². The van der Waals surface area contributed by atoms with E-state index in [1.165, 1.54) is 31.1 Å². The van der Waals surface area contributed by atoms with Crippen LogP contribution in [-0.2, 0) is 15.5 Å². The molecule has 0 aromatic heterocycles. The number of amides is 2. The average molecular weight is 591 g/mol. The van der Waals surface area contributed by atoms with Gasteiger partial charge in [-0.25, -0.2) is 18.4 Å². The Hall–Kier alpha value is -3.73. The minimum atomic E-state index is -3.12. The van der Waals surface area contributed by atoms with Crippen LogP contribution in [0.5, 0.6) is 11.5 Å². The molecule has 0 saturated heterocycles. The van der Waals surface area contributed by atoms with Crippen LogP contribution in [0.4, 0.5) is 13.6 Å². The number of hydrogen-bond donors (Lipinski definition) is 2. The summed E-state index contributed by atoms with van der Waals surface area (Å²) in [5.74, 6) is -4.03. The van der Waals surface area contributed by atoms with Crippen LogP contribution in [0.1, 0.15) is 80.9 Å². The Morgan fingerprint density at radius 1 is 1.10 bits per heavy atom. The van der Waals surface area contributed by atoms with Crippen LogP contribution in [-0.4, -0.2) is 66.3 Å². The van der Waals surface area contributed by atoms with Crippen molar-refractivity contribution in [3.8, 4) is 11.5 Å². The lowest BCUT2D eigenvalue weighted by molar-refractivity contribution is -0.155. The van der Waals surface area contributed by atoms with E-state index in [4.69, 9.17) is 14.2 Å². The fourth-order valence-electron chi connectivity index (χ4n) is 5.18. The number of carboxylic acid groups (broad SMARTS) is 1. The quantitative estimate of drug-likeness (QED) is 0.246. The molecule has 0 aliphatic heterocycles. The highest BCUT2D eigenvalue weighted by Crippen LogP contribution is 2.38. The summed E-state index contributed by atoms with van der Waals surface area (Å²) in [6.45, 7) is 7.08. The van der Waals surface area contributed by atoms with Crippen molar-refractivity contribution in [1.29, 1.82) is 0 Å². The first-order chi connectivity index (χ1) is 19.9. The average Bonchev–Trinajstić information content (AvgIpc) is 2.92. The molecule has 9 nitrogen and oxygen atoms in total. The molecule has 2 aromatic rings. The third-order valence-electron chi connectivity index (χ3n) is 7.58. The van der Waals surface area contributed by atoms with Crippen LogP contribution >= 0.6 is 0 Å². The van der Waals surface area contributed by atoms with Gasteiger partial charge in [-0.05, 0) is 51.8 Å². The molecule has 11 heteroatoms. The number of nitrogens with zero attached hydrogens (tertiary/aromatic N) is 1. The maximum Gasteiger partial charge on any atom is 0.329 e. The highest BCUT2D eigenvalue weighted by Gasteiger charge is 2.52. The number of rotatable bonds is 15. The van der Waals surface area contributed by atoms with Gasteiger partial charge in [0.05, 0.1) is 25.4 Å². The van der Waals surface area contributed by atoms with Crippen molar-refractivity contribution in [2.45, 2.75) is 77.0 Å². The Morgan fingerprint density at radius 3 is 2.14 bits per heavy atom. The lowest BCUT2D eigenvalue weighted by atomic mass is 9.74. The van der Waals surface area contributed by atoms with Gasteiger partial charge in [0.25, 0.3) is 5.92 Å². The number of aliphatic carboxylic acids is 1. The molecule has 42 heavy (non-hydrogen) atoms. The molecule has 2 aromatic carbocycles. The summed E-state index contributed by atoms with van der Waals surface area (Å²) in [4.78, 5) is 39.6. The monoisotopic (exact) mass is 590 g/mol. The molecule has 1 atom stereocenters. The van der Waals surface area contributed by atoms with Gasteiger partial charge >= 0.3 is 12.0 Å². The molecule has 230 valence electrons. The van der Waals surface area contributed by atoms with Gasteiger partial charge in [-0.1, -0.05) is 30.3 Å². The molecule has 0 unspecified atom stereocenters. The van der Waals surface area contributed by atoms with Crippen molar-refractivity contribution in [3.05, 3.63) is 59.2 Å². The van der Waals surface area contributed by atoms with Crippen LogP contribution in [0.25, 0.3) is 0 Å². The summed E-state index contributed by atoms with van der Waals surface area (Å²) >= 11 is 0. The number of alkyl halides is 2.